The molecule has 2 heterocycles. The van der Waals surface area contributed by atoms with E-state index >= 15 is 0 Å². The largest absolute Gasteiger partial charge is 0.324 e. The molecule has 2 saturated heterocycles. The Morgan fingerprint density at radius 3 is 2.76 bits per heavy atom. The molecule has 0 radical (unpaired) electrons. The molecule has 1 saturated carbocycles. The highest BCUT2D eigenvalue weighted by Crippen LogP contribution is 2.45. The molecule has 0 aromatic heterocycles. The van der Waals surface area contributed by atoms with Gasteiger partial charge >= 0.3 is 0 Å². The molecule has 3 fully saturated rings. The van der Waals surface area contributed by atoms with E-state index < -0.39 is 0 Å². The molecule has 0 aromatic carbocycles. The van der Waals surface area contributed by atoms with Crippen molar-refractivity contribution in [2.24, 2.45) is 0 Å². The summed E-state index contributed by atoms with van der Waals surface area (Å²) in [6.45, 7) is 5.43. The minimum atomic E-state index is -0.139. The van der Waals surface area contributed by atoms with Gasteiger partial charge in [0.2, 0.25) is 5.91 Å². The van der Waals surface area contributed by atoms with Crippen LogP contribution in [0.15, 0.2) is 0 Å². The van der Waals surface area contributed by atoms with Crippen molar-refractivity contribution in [1.29, 1.82) is 0 Å². The maximum Gasteiger partial charge on any atom is 0.244 e. The first-order valence-corrected chi connectivity index (χ1v) is 7.80. The zero-order chi connectivity index (χ0) is 12.1. The number of amides is 1. The number of rotatable bonds is 3. The molecule has 1 spiro atoms. The molecule has 3 nitrogen and oxygen atoms in total. The Labute approximate surface area is 108 Å². The summed E-state index contributed by atoms with van der Waals surface area (Å²) in [5.74, 6) is 1.63. The summed E-state index contributed by atoms with van der Waals surface area (Å²) >= 11 is 2.04. The van der Waals surface area contributed by atoms with Crippen molar-refractivity contribution in [3.8, 4) is 0 Å². The van der Waals surface area contributed by atoms with Gasteiger partial charge in [-0.1, -0.05) is 6.92 Å². The Morgan fingerprint density at radius 2 is 2.24 bits per heavy atom. The van der Waals surface area contributed by atoms with E-state index in [9.17, 15) is 4.79 Å². The smallest absolute Gasteiger partial charge is 0.244 e. The lowest BCUT2D eigenvalue weighted by molar-refractivity contribution is -0.131. The number of carbonyl (C=O) groups is 1. The van der Waals surface area contributed by atoms with E-state index in [1.807, 2.05) is 11.8 Å². The Kier molecular flexibility index (Phi) is 2.71. The Bertz CT molecular complexity index is 334. The van der Waals surface area contributed by atoms with Crippen LogP contribution in [0.3, 0.4) is 0 Å². The lowest BCUT2D eigenvalue weighted by Crippen LogP contribution is -2.44. The fraction of sp³-hybridized carbons (Fsp3) is 0.923. The van der Waals surface area contributed by atoms with Gasteiger partial charge < -0.3 is 4.90 Å². The highest BCUT2D eigenvalue weighted by Gasteiger charge is 2.59. The molecule has 1 amide bonds. The van der Waals surface area contributed by atoms with Crippen molar-refractivity contribution in [2.45, 2.75) is 62.4 Å². The number of carbonyl (C=O) groups excluding carboxylic acids is 1. The number of hydrogen-bond acceptors (Lipinski definition) is 3. The van der Waals surface area contributed by atoms with Gasteiger partial charge in [0.1, 0.15) is 0 Å². The van der Waals surface area contributed by atoms with E-state index in [2.05, 4.69) is 24.1 Å². The molecule has 17 heavy (non-hydrogen) atoms. The third kappa shape index (κ3) is 1.89. The van der Waals surface area contributed by atoms with Gasteiger partial charge in [-0.3, -0.25) is 10.1 Å². The highest BCUT2D eigenvalue weighted by molar-refractivity contribution is 8.00. The average Bonchev–Trinajstić information content (AvgIpc) is 2.91. The normalized spacial score (nSPS) is 39.3. The monoisotopic (exact) mass is 254 g/mol. The van der Waals surface area contributed by atoms with Crippen LogP contribution in [0, 0.1) is 0 Å². The van der Waals surface area contributed by atoms with Gasteiger partial charge in [0.25, 0.3) is 0 Å². The molecule has 1 aliphatic carbocycles. The third-order valence-electron chi connectivity index (χ3n) is 4.43. The fourth-order valence-electron chi connectivity index (χ4n) is 3.18. The lowest BCUT2D eigenvalue weighted by Gasteiger charge is -2.32. The summed E-state index contributed by atoms with van der Waals surface area (Å²) < 4.78 is 0.297. The Hall–Kier alpha value is -0.220. The molecule has 2 aliphatic heterocycles. The van der Waals surface area contributed by atoms with E-state index in [1.165, 1.54) is 18.6 Å². The standard InChI is InChI=1S/C13H22N2OS/c1-3-10-14-13(6-7-13)11(16)15(10)9-12(2)5-4-8-17-12/h10,14H,3-9H2,1-2H3. The van der Waals surface area contributed by atoms with Crippen molar-refractivity contribution in [3.05, 3.63) is 0 Å². The maximum absolute atomic E-state index is 12.4. The molecular formula is C13H22N2OS. The van der Waals surface area contributed by atoms with Crippen LogP contribution in [0.5, 0.6) is 0 Å². The molecular weight excluding hydrogens is 232 g/mol. The first kappa shape index (κ1) is 11.8. The van der Waals surface area contributed by atoms with Crippen molar-refractivity contribution in [2.75, 3.05) is 12.3 Å². The van der Waals surface area contributed by atoms with Crippen molar-refractivity contribution in [3.63, 3.8) is 0 Å². The third-order valence-corrected chi connectivity index (χ3v) is 5.95. The molecule has 4 heteroatoms. The fourth-order valence-corrected chi connectivity index (χ4v) is 4.49. The van der Waals surface area contributed by atoms with Crippen LogP contribution in [0.25, 0.3) is 0 Å². The van der Waals surface area contributed by atoms with E-state index in [1.54, 1.807) is 0 Å². The van der Waals surface area contributed by atoms with Crippen LogP contribution >= 0.6 is 11.8 Å². The SMILES string of the molecule is CCC1NC2(CC2)C(=O)N1CC1(C)CCCS1. The molecule has 0 bridgehead atoms. The number of thioether (sulfide) groups is 1. The quantitative estimate of drug-likeness (QED) is 0.836. The second kappa shape index (κ2) is 3.89. The molecule has 2 atom stereocenters. The summed E-state index contributed by atoms with van der Waals surface area (Å²) in [6.07, 6.45) is 5.95. The molecule has 2 unspecified atom stereocenters. The highest BCUT2D eigenvalue weighted by atomic mass is 32.2. The number of hydrogen-bond donors (Lipinski definition) is 1. The van der Waals surface area contributed by atoms with E-state index in [0.717, 1.165) is 25.8 Å². The number of nitrogens with one attached hydrogen (secondary N) is 1. The first-order chi connectivity index (χ1) is 8.09. The van der Waals surface area contributed by atoms with Crippen LogP contribution < -0.4 is 5.32 Å². The summed E-state index contributed by atoms with van der Waals surface area (Å²) in [7, 11) is 0. The van der Waals surface area contributed by atoms with Crippen molar-refractivity contribution in [1.82, 2.24) is 10.2 Å². The predicted molar refractivity (Wildman–Crippen MR) is 71.0 cm³/mol. The average molecular weight is 254 g/mol. The van der Waals surface area contributed by atoms with Crippen LogP contribution in [0.4, 0.5) is 0 Å². The van der Waals surface area contributed by atoms with Crippen molar-refractivity contribution < 1.29 is 4.79 Å². The second-order valence-electron chi connectivity index (χ2n) is 5.99. The summed E-state index contributed by atoms with van der Waals surface area (Å²) in [5, 5.41) is 3.55. The molecule has 1 N–H and O–H groups in total. The van der Waals surface area contributed by atoms with Gasteiger partial charge in [0.15, 0.2) is 0 Å². The predicted octanol–water partition coefficient (Wildman–Crippen LogP) is 1.97. The zero-order valence-electron chi connectivity index (χ0n) is 10.8. The van der Waals surface area contributed by atoms with Crippen molar-refractivity contribution >= 4 is 17.7 Å². The first-order valence-electron chi connectivity index (χ1n) is 6.81. The van der Waals surface area contributed by atoms with E-state index in [-0.39, 0.29) is 11.7 Å². The van der Waals surface area contributed by atoms with Crippen LogP contribution in [0.2, 0.25) is 0 Å². The zero-order valence-corrected chi connectivity index (χ0v) is 11.6. The van der Waals surface area contributed by atoms with Gasteiger partial charge in [-0.2, -0.15) is 11.8 Å². The van der Waals surface area contributed by atoms with Gasteiger partial charge in [-0.25, -0.2) is 0 Å². The molecule has 3 aliphatic rings. The van der Waals surface area contributed by atoms with Gasteiger partial charge in [0, 0.05) is 11.3 Å². The summed E-state index contributed by atoms with van der Waals surface area (Å²) in [6, 6.07) is 0. The molecule has 3 rings (SSSR count). The molecule has 0 aromatic rings. The van der Waals surface area contributed by atoms with Gasteiger partial charge in [-0.05, 0) is 44.8 Å². The maximum atomic E-state index is 12.4. The van der Waals surface area contributed by atoms with Crippen LogP contribution in [0.1, 0.15) is 46.0 Å². The minimum absolute atomic E-state index is 0.139. The van der Waals surface area contributed by atoms with Gasteiger partial charge in [-0.15, -0.1) is 0 Å². The minimum Gasteiger partial charge on any atom is -0.324 e. The summed E-state index contributed by atoms with van der Waals surface area (Å²) in [4.78, 5) is 14.6. The lowest BCUT2D eigenvalue weighted by atomic mass is 10.0. The second-order valence-corrected chi connectivity index (χ2v) is 7.67. The molecule has 96 valence electrons. The Balaban J connectivity index is 1.74. The van der Waals surface area contributed by atoms with E-state index in [0.29, 0.717) is 10.7 Å². The van der Waals surface area contributed by atoms with E-state index in [4.69, 9.17) is 0 Å². The topological polar surface area (TPSA) is 32.3 Å². The number of nitrogens with zero attached hydrogens (tertiary/aromatic N) is 1. The Morgan fingerprint density at radius 1 is 1.47 bits per heavy atom. The van der Waals surface area contributed by atoms with Gasteiger partial charge in [0.05, 0.1) is 11.7 Å². The van der Waals surface area contributed by atoms with Crippen LogP contribution in [-0.4, -0.2) is 39.6 Å². The summed E-state index contributed by atoms with van der Waals surface area (Å²) in [5.41, 5.74) is -0.139. The van der Waals surface area contributed by atoms with Crippen LogP contribution in [-0.2, 0) is 4.79 Å².